The molecule has 0 aliphatic carbocycles. The number of carbonyl (C=O) groups excluding carboxylic acids is 1. The van der Waals surface area contributed by atoms with Crippen LogP contribution in [0.1, 0.15) is 26.2 Å². The van der Waals surface area contributed by atoms with Gasteiger partial charge in [-0.2, -0.15) is 0 Å². The second kappa shape index (κ2) is 6.93. The lowest BCUT2D eigenvalue weighted by molar-refractivity contribution is -0.139. The third-order valence-electron chi connectivity index (χ3n) is 2.59. The maximum atomic E-state index is 11.5. The highest BCUT2D eigenvalue weighted by Gasteiger charge is 2.18. The maximum Gasteiger partial charge on any atom is 0.322 e. The third kappa shape index (κ3) is 5.99. The van der Waals surface area contributed by atoms with Crippen LogP contribution < -0.4 is 10.0 Å². The van der Waals surface area contributed by atoms with Crippen LogP contribution in [0.2, 0.25) is 0 Å². The van der Waals surface area contributed by atoms with Crippen LogP contribution in [0.5, 0.6) is 0 Å². The number of nitrogens with one attached hydrogen (secondary N) is 2. The normalized spacial score (nSPS) is 20.4. The van der Waals surface area contributed by atoms with E-state index in [1.165, 1.54) is 0 Å². The van der Waals surface area contributed by atoms with Gasteiger partial charge in [-0.25, -0.2) is 13.1 Å². The standard InChI is InChI=1S/C10H20N2O4S/c1-2-16-10(13)8-17(14,15)12-7-5-9-4-3-6-11-9/h9,11-12H,2-8H2,1H3. The van der Waals surface area contributed by atoms with E-state index in [1.54, 1.807) is 6.92 Å². The first-order valence-corrected chi connectivity index (χ1v) is 7.55. The summed E-state index contributed by atoms with van der Waals surface area (Å²) in [6.45, 7) is 3.20. The fourth-order valence-corrected chi connectivity index (χ4v) is 2.73. The first-order chi connectivity index (χ1) is 8.03. The third-order valence-corrected chi connectivity index (χ3v) is 3.85. The number of hydrogen-bond donors (Lipinski definition) is 2. The van der Waals surface area contributed by atoms with Crippen LogP contribution >= 0.6 is 0 Å². The molecular weight excluding hydrogens is 244 g/mol. The Morgan fingerprint density at radius 2 is 2.29 bits per heavy atom. The molecule has 0 aromatic carbocycles. The maximum absolute atomic E-state index is 11.5. The summed E-state index contributed by atoms with van der Waals surface area (Å²) < 4.78 is 29.9. The Kier molecular flexibility index (Phi) is 5.87. The fourth-order valence-electron chi connectivity index (χ4n) is 1.80. The van der Waals surface area contributed by atoms with E-state index in [2.05, 4.69) is 14.8 Å². The molecule has 1 fully saturated rings. The van der Waals surface area contributed by atoms with Gasteiger partial charge < -0.3 is 10.1 Å². The van der Waals surface area contributed by atoms with Gasteiger partial charge in [0.05, 0.1) is 6.61 Å². The summed E-state index contributed by atoms with van der Waals surface area (Å²) in [5.41, 5.74) is 0. The second-order valence-electron chi connectivity index (χ2n) is 4.04. The molecule has 17 heavy (non-hydrogen) atoms. The van der Waals surface area contributed by atoms with Crippen molar-refractivity contribution in [3.8, 4) is 0 Å². The average Bonchev–Trinajstić information content (AvgIpc) is 2.69. The molecule has 2 N–H and O–H groups in total. The predicted molar refractivity (Wildman–Crippen MR) is 64.1 cm³/mol. The Balaban J connectivity index is 2.21. The Morgan fingerprint density at radius 1 is 1.53 bits per heavy atom. The van der Waals surface area contributed by atoms with E-state index >= 15 is 0 Å². The molecule has 100 valence electrons. The van der Waals surface area contributed by atoms with Gasteiger partial charge in [0.2, 0.25) is 10.0 Å². The van der Waals surface area contributed by atoms with Crippen molar-refractivity contribution in [3.63, 3.8) is 0 Å². The van der Waals surface area contributed by atoms with Crippen molar-refractivity contribution >= 4 is 16.0 Å². The summed E-state index contributed by atoms with van der Waals surface area (Å²) in [5.74, 6) is -1.31. The molecule has 0 radical (unpaired) electrons. The minimum Gasteiger partial charge on any atom is -0.465 e. The Morgan fingerprint density at radius 3 is 2.88 bits per heavy atom. The van der Waals surface area contributed by atoms with Gasteiger partial charge in [-0.05, 0) is 32.7 Å². The van der Waals surface area contributed by atoms with E-state index in [-0.39, 0.29) is 6.61 Å². The SMILES string of the molecule is CCOC(=O)CS(=O)(=O)NCCC1CCCN1. The van der Waals surface area contributed by atoms with Gasteiger partial charge in [0.1, 0.15) is 0 Å². The van der Waals surface area contributed by atoms with Crippen molar-refractivity contribution in [2.24, 2.45) is 0 Å². The molecule has 1 aliphatic rings. The highest BCUT2D eigenvalue weighted by atomic mass is 32.2. The van der Waals surface area contributed by atoms with Gasteiger partial charge >= 0.3 is 5.97 Å². The fraction of sp³-hybridized carbons (Fsp3) is 0.900. The highest BCUT2D eigenvalue weighted by Crippen LogP contribution is 2.07. The Hall–Kier alpha value is -0.660. The lowest BCUT2D eigenvalue weighted by atomic mass is 10.2. The quantitative estimate of drug-likeness (QED) is 0.612. The highest BCUT2D eigenvalue weighted by molar-refractivity contribution is 7.90. The summed E-state index contributed by atoms with van der Waals surface area (Å²) in [7, 11) is -3.55. The van der Waals surface area contributed by atoms with Crippen molar-refractivity contribution in [1.29, 1.82) is 0 Å². The van der Waals surface area contributed by atoms with Gasteiger partial charge in [-0.1, -0.05) is 0 Å². The molecular formula is C10H20N2O4S. The van der Waals surface area contributed by atoms with Crippen LogP contribution in [0, 0.1) is 0 Å². The van der Waals surface area contributed by atoms with Crippen molar-refractivity contribution in [1.82, 2.24) is 10.0 Å². The smallest absolute Gasteiger partial charge is 0.322 e. The molecule has 1 heterocycles. The lowest BCUT2D eigenvalue weighted by Gasteiger charge is -2.10. The van der Waals surface area contributed by atoms with Crippen molar-refractivity contribution in [2.75, 3.05) is 25.4 Å². The van der Waals surface area contributed by atoms with E-state index in [0.717, 1.165) is 25.8 Å². The molecule has 0 amide bonds. The summed E-state index contributed by atoms with van der Waals surface area (Å²) >= 11 is 0. The lowest BCUT2D eigenvalue weighted by Crippen LogP contribution is -2.34. The summed E-state index contributed by atoms with van der Waals surface area (Å²) in [4.78, 5) is 11.0. The van der Waals surface area contributed by atoms with Crippen molar-refractivity contribution in [2.45, 2.75) is 32.2 Å². The van der Waals surface area contributed by atoms with E-state index in [1.807, 2.05) is 0 Å². The van der Waals surface area contributed by atoms with Crippen molar-refractivity contribution in [3.05, 3.63) is 0 Å². The summed E-state index contributed by atoms with van der Waals surface area (Å²) in [6, 6.07) is 0.389. The zero-order valence-electron chi connectivity index (χ0n) is 10.1. The van der Waals surface area contributed by atoms with Crippen LogP contribution in [0.25, 0.3) is 0 Å². The van der Waals surface area contributed by atoms with Crippen LogP contribution in [0.4, 0.5) is 0 Å². The molecule has 0 saturated carbocycles. The topological polar surface area (TPSA) is 84.5 Å². The average molecular weight is 264 g/mol. The van der Waals surface area contributed by atoms with Crippen LogP contribution in [0.15, 0.2) is 0 Å². The van der Waals surface area contributed by atoms with E-state index in [4.69, 9.17) is 0 Å². The summed E-state index contributed by atoms with van der Waals surface area (Å²) in [5, 5.41) is 3.28. The molecule has 1 unspecified atom stereocenters. The summed E-state index contributed by atoms with van der Waals surface area (Å²) in [6.07, 6.45) is 2.97. The molecule has 6 nitrogen and oxygen atoms in total. The number of hydrogen-bond acceptors (Lipinski definition) is 5. The minimum absolute atomic E-state index is 0.195. The minimum atomic E-state index is -3.55. The Labute approximate surface area is 102 Å². The van der Waals surface area contributed by atoms with Gasteiger partial charge in [-0.15, -0.1) is 0 Å². The van der Waals surface area contributed by atoms with E-state index in [9.17, 15) is 13.2 Å². The Bertz CT molecular complexity index is 336. The number of sulfonamides is 1. The van der Waals surface area contributed by atoms with E-state index in [0.29, 0.717) is 12.6 Å². The zero-order valence-corrected chi connectivity index (χ0v) is 10.9. The molecule has 0 spiro atoms. The largest absolute Gasteiger partial charge is 0.465 e. The molecule has 1 rings (SSSR count). The van der Waals surface area contributed by atoms with Gasteiger partial charge in [0, 0.05) is 12.6 Å². The molecule has 1 aliphatic heterocycles. The zero-order chi connectivity index (χ0) is 12.7. The molecule has 1 saturated heterocycles. The predicted octanol–water partition coefficient (Wildman–Crippen LogP) is -0.389. The number of rotatable bonds is 7. The van der Waals surface area contributed by atoms with Gasteiger partial charge in [-0.3, -0.25) is 4.79 Å². The molecule has 0 bridgehead atoms. The van der Waals surface area contributed by atoms with Crippen LogP contribution in [-0.2, 0) is 19.6 Å². The van der Waals surface area contributed by atoms with Gasteiger partial charge in [0.15, 0.2) is 5.75 Å². The van der Waals surface area contributed by atoms with E-state index < -0.39 is 21.7 Å². The number of ether oxygens (including phenoxy) is 1. The molecule has 0 aromatic heterocycles. The second-order valence-corrected chi connectivity index (χ2v) is 5.85. The first-order valence-electron chi connectivity index (χ1n) is 5.90. The van der Waals surface area contributed by atoms with Crippen LogP contribution in [-0.4, -0.2) is 45.9 Å². The number of carbonyl (C=O) groups is 1. The van der Waals surface area contributed by atoms with Crippen molar-refractivity contribution < 1.29 is 17.9 Å². The number of esters is 1. The molecule has 7 heteroatoms. The monoisotopic (exact) mass is 264 g/mol. The molecule has 0 aromatic rings. The molecule has 1 atom stereocenters. The van der Waals surface area contributed by atoms with Gasteiger partial charge in [0.25, 0.3) is 0 Å². The van der Waals surface area contributed by atoms with Crippen LogP contribution in [0.3, 0.4) is 0 Å². The first kappa shape index (κ1) is 14.4.